The minimum absolute atomic E-state index is 0.00857. The monoisotopic (exact) mass is 336 g/mol. The number of aromatic nitrogens is 1. The van der Waals surface area contributed by atoms with Gasteiger partial charge in [-0.2, -0.15) is 0 Å². The predicted molar refractivity (Wildman–Crippen MR) is 85.1 cm³/mol. The average molecular weight is 337 g/mol. The summed E-state index contributed by atoms with van der Waals surface area (Å²) < 4.78 is 0.437. The van der Waals surface area contributed by atoms with Gasteiger partial charge in [-0.05, 0) is 48.2 Å². The molecular formula is C16H14Cl2N2O2. The van der Waals surface area contributed by atoms with Crippen LogP contribution in [-0.2, 0) is 0 Å². The summed E-state index contributed by atoms with van der Waals surface area (Å²) >= 11 is 11.6. The molecule has 2 aromatic rings. The highest BCUT2D eigenvalue weighted by Crippen LogP contribution is 2.37. The fourth-order valence-electron chi connectivity index (χ4n) is 2.66. The Balaban J connectivity index is 1.72. The van der Waals surface area contributed by atoms with Crippen molar-refractivity contribution in [1.29, 1.82) is 0 Å². The van der Waals surface area contributed by atoms with Crippen LogP contribution in [0.1, 0.15) is 34.8 Å². The van der Waals surface area contributed by atoms with E-state index < -0.39 is 5.91 Å². The van der Waals surface area contributed by atoms with Gasteiger partial charge in [-0.15, -0.1) is 4.73 Å². The molecule has 1 amide bonds. The van der Waals surface area contributed by atoms with E-state index in [9.17, 15) is 10.0 Å². The van der Waals surface area contributed by atoms with Gasteiger partial charge in [0.25, 0.3) is 10.8 Å². The first kappa shape index (κ1) is 15.1. The summed E-state index contributed by atoms with van der Waals surface area (Å²) in [7, 11) is 0. The number of hydrogen-bond donors (Lipinski definition) is 1. The van der Waals surface area contributed by atoms with Crippen molar-refractivity contribution in [1.82, 2.24) is 5.32 Å². The van der Waals surface area contributed by atoms with E-state index in [1.54, 1.807) is 6.07 Å². The van der Waals surface area contributed by atoms with Crippen LogP contribution in [-0.4, -0.2) is 11.9 Å². The van der Waals surface area contributed by atoms with E-state index in [-0.39, 0.29) is 22.8 Å². The molecule has 0 bridgehead atoms. The molecule has 22 heavy (non-hydrogen) atoms. The highest BCUT2D eigenvalue weighted by molar-refractivity contribution is 6.30. The van der Waals surface area contributed by atoms with E-state index in [4.69, 9.17) is 23.2 Å². The Bertz CT molecular complexity index is 704. The number of carbonyl (C=O) groups is 1. The van der Waals surface area contributed by atoms with E-state index in [0.717, 1.165) is 18.4 Å². The molecule has 1 aromatic heterocycles. The van der Waals surface area contributed by atoms with Crippen LogP contribution in [0.15, 0.2) is 42.5 Å². The number of rotatable bonds is 3. The number of benzene rings is 1. The zero-order valence-corrected chi connectivity index (χ0v) is 13.1. The molecule has 1 N–H and O–H groups in total. The molecule has 0 unspecified atom stereocenters. The second-order valence-corrected chi connectivity index (χ2v) is 6.17. The van der Waals surface area contributed by atoms with Gasteiger partial charge in [0.1, 0.15) is 0 Å². The SMILES string of the molecule is O=C(N[C@H]1CC[C@H]1c1ccc(Cl)cc1)c1cccc(Cl)[n+]1[O-]. The van der Waals surface area contributed by atoms with Crippen molar-refractivity contribution < 1.29 is 9.52 Å². The zero-order valence-electron chi connectivity index (χ0n) is 11.6. The molecule has 1 fully saturated rings. The van der Waals surface area contributed by atoms with Gasteiger partial charge in [-0.25, -0.2) is 0 Å². The first-order valence-corrected chi connectivity index (χ1v) is 7.76. The number of amides is 1. The Kier molecular flexibility index (Phi) is 4.23. The maximum Gasteiger partial charge on any atom is 0.317 e. The van der Waals surface area contributed by atoms with Crippen molar-refractivity contribution in [3.05, 3.63) is 69.1 Å². The Morgan fingerprint density at radius 1 is 1.14 bits per heavy atom. The zero-order chi connectivity index (χ0) is 15.7. The number of pyridine rings is 1. The van der Waals surface area contributed by atoms with Crippen LogP contribution in [0, 0.1) is 5.21 Å². The van der Waals surface area contributed by atoms with Crippen LogP contribution in [0.2, 0.25) is 10.2 Å². The maximum absolute atomic E-state index is 12.2. The van der Waals surface area contributed by atoms with Crippen LogP contribution in [0.4, 0.5) is 0 Å². The Morgan fingerprint density at radius 2 is 1.86 bits per heavy atom. The third-order valence-electron chi connectivity index (χ3n) is 4.02. The maximum atomic E-state index is 12.2. The summed E-state index contributed by atoms with van der Waals surface area (Å²) in [6.07, 6.45) is 1.89. The molecule has 0 spiro atoms. The van der Waals surface area contributed by atoms with Crippen LogP contribution in [0.25, 0.3) is 0 Å². The van der Waals surface area contributed by atoms with Gasteiger partial charge in [-0.3, -0.25) is 4.79 Å². The van der Waals surface area contributed by atoms with Crippen LogP contribution in [0.3, 0.4) is 0 Å². The molecule has 4 nitrogen and oxygen atoms in total. The van der Waals surface area contributed by atoms with Gasteiger partial charge in [0.15, 0.2) is 0 Å². The summed E-state index contributed by atoms with van der Waals surface area (Å²) in [6.45, 7) is 0. The van der Waals surface area contributed by atoms with Gasteiger partial charge >= 0.3 is 5.91 Å². The van der Waals surface area contributed by atoms with Gasteiger partial charge in [0.2, 0.25) is 0 Å². The summed E-state index contributed by atoms with van der Waals surface area (Å²) in [5, 5.41) is 15.4. The minimum Gasteiger partial charge on any atom is -0.617 e. The average Bonchev–Trinajstić information content (AvgIpc) is 2.48. The number of halogens is 2. The second-order valence-electron chi connectivity index (χ2n) is 5.34. The fourth-order valence-corrected chi connectivity index (χ4v) is 2.95. The van der Waals surface area contributed by atoms with Crippen LogP contribution >= 0.6 is 23.2 Å². The van der Waals surface area contributed by atoms with Crippen molar-refractivity contribution in [2.24, 2.45) is 0 Å². The van der Waals surface area contributed by atoms with Crippen molar-refractivity contribution in [2.75, 3.05) is 0 Å². The van der Waals surface area contributed by atoms with Crippen molar-refractivity contribution >= 4 is 29.1 Å². The first-order valence-electron chi connectivity index (χ1n) is 7.00. The molecule has 1 aromatic carbocycles. The Morgan fingerprint density at radius 3 is 2.50 bits per heavy atom. The first-order chi connectivity index (χ1) is 10.6. The number of nitrogens with one attached hydrogen (secondary N) is 1. The third kappa shape index (κ3) is 2.89. The predicted octanol–water partition coefficient (Wildman–Crippen LogP) is 3.30. The summed E-state index contributed by atoms with van der Waals surface area (Å²) in [4.78, 5) is 12.2. The molecule has 0 radical (unpaired) electrons. The molecule has 2 atom stereocenters. The summed E-state index contributed by atoms with van der Waals surface area (Å²) in [5.74, 6) is -0.151. The normalized spacial score (nSPS) is 20.3. The number of hydrogen-bond acceptors (Lipinski definition) is 2. The molecule has 0 saturated heterocycles. The quantitative estimate of drug-likeness (QED) is 0.531. The van der Waals surface area contributed by atoms with Gasteiger partial charge in [0, 0.05) is 29.1 Å². The van der Waals surface area contributed by atoms with Crippen LogP contribution < -0.4 is 10.0 Å². The van der Waals surface area contributed by atoms with Crippen LogP contribution in [0.5, 0.6) is 0 Å². The van der Waals surface area contributed by atoms with Crippen molar-refractivity contribution in [2.45, 2.75) is 24.8 Å². The highest BCUT2D eigenvalue weighted by atomic mass is 35.5. The molecule has 0 aliphatic heterocycles. The molecule has 1 aliphatic carbocycles. The smallest absolute Gasteiger partial charge is 0.317 e. The highest BCUT2D eigenvalue weighted by Gasteiger charge is 2.34. The molecule has 6 heteroatoms. The molecule has 1 heterocycles. The molecule has 1 aliphatic rings. The molecular weight excluding hydrogens is 323 g/mol. The standard InChI is InChI=1S/C16H14Cl2N2O2/c17-11-6-4-10(5-7-11)12-8-9-13(12)19-16(21)14-2-1-3-15(18)20(14)22/h1-7,12-13H,8-9H2,(H,19,21)/t12-,13-/m0/s1. The van der Waals surface area contributed by atoms with E-state index in [1.807, 2.05) is 24.3 Å². The number of carbonyl (C=O) groups excluding carboxylic acids is 1. The summed E-state index contributed by atoms with van der Waals surface area (Å²) in [5.41, 5.74) is 1.15. The molecule has 1 saturated carbocycles. The largest absolute Gasteiger partial charge is 0.617 e. The van der Waals surface area contributed by atoms with Gasteiger partial charge in [0.05, 0.1) is 0 Å². The van der Waals surface area contributed by atoms with Gasteiger partial charge in [-0.1, -0.05) is 23.7 Å². The van der Waals surface area contributed by atoms with E-state index in [2.05, 4.69) is 5.32 Å². The minimum atomic E-state index is -0.402. The molecule has 3 rings (SSSR count). The Hall–Kier alpha value is -1.78. The van der Waals surface area contributed by atoms with E-state index in [0.29, 0.717) is 9.75 Å². The van der Waals surface area contributed by atoms with Gasteiger partial charge < -0.3 is 10.5 Å². The molecule has 114 valence electrons. The third-order valence-corrected chi connectivity index (χ3v) is 4.55. The van der Waals surface area contributed by atoms with Crippen molar-refractivity contribution in [3.8, 4) is 0 Å². The second kappa shape index (κ2) is 6.15. The van der Waals surface area contributed by atoms with E-state index >= 15 is 0 Å². The Labute approximate surface area is 138 Å². The summed E-state index contributed by atoms with van der Waals surface area (Å²) in [6, 6.07) is 12.1. The lowest BCUT2D eigenvalue weighted by atomic mass is 9.75. The topological polar surface area (TPSA) is 56.0 Å². The number of nitrogens with zero attached hydrogens (tertiary/aromatic N) is 1. The lowest BCUT2D eigenvalue weighted by Gasteiger charge is -2.37. The van der Waals surface area contributed by atoms with Crippen molar-refractivity contribution in [3.63, 3.8) is 0 Å². The fraction of sp³-hybridized carbons (Fsp3) is 0.250. The lowest BCUT2D eigenvalue weighted by molar-refractivity contribution is -0.605. The lowest BCUT2D eigenvalue weighted by Crippen LogP contribution is -2.49. The van der Waals surface area contributed by atoms with E-state index in [1.165, 1.54) is 12.1 Å².